The van der Waals surface area contributed by atoms with E-state index in [0.29, 0.717) is 0 Å². The zero-order valence-corrected chi connectivity index (χ0v) is 60.7. The topological polar surface area (TPSA) is 13.0 Å². The average Bonchev–Trinajstić information content (AvgIpc) is 0.820. The van der Waals surface area contributed by atoms with Gasteiger partial charge in [-0.05, 0) is 263 Å². The van der Waals surface area contributed by atoms with Crippen molar-refractivity contribution in [3.8, 4) is 0 Å². The van der Waals surface area contributed by atoms with Crippen LogP contribution in [0.5, 0.6) is 0 Å². The Labute approximate surface area is 616 Å². The Kier molecular flexibility index (Phi) is 22.2. The lowest BCUT2D eigenvalue weighted by Gasteiger charge is -2.26. The lowest BCUT2D eigenvalue weighted by molar-refractivity contribution is 1.26. The summed E-state index contributed by atoms with van der Waals surface area (Å²) in [7, 11) is 0. The van der Waals surface area contributed by atoms with E-state index in [9.17, 15) is 0 Å². The van der Waals surface area contributed by atoms with E-state index in [1.54, 1.807) is 0 Å². The summed E-state index contributed by atoms with van der Waals surface area (Å²) in [4.78, 5) is 9.24. The van der Waals surface area contributed by atoms with E-state index in [4.69, 9.17) is 0 Å². The third-order valence-electron chi connectivity index (χ3n) is 18.8. The van der Waals surface area contributed by atoms with Gasteiger partial charge in [0.1, 0.15) is 0 Å². The minimum absolute atomic E-state index is 1.13. The largest absolute Gasteiger partial charge is 0.311 e. The van der Waals surface area contributed by atoms with Gasteiger partial charge in [-0.3, -0.25) is 0 Å². The van der Waals surface area contributed by atoms with E-state index in [0.717, 1.165) is 79.4 Å². The van der Waals surface area contributed by atoms with E-state index in [1.165, 1.54) is 77.9 Å². The Morgan fingerprint density at radius 1 is 0.154 bits per heavy atom. The fraction of sp³-hybridized carbons (Fsp3) is 0.0800. The van der Waals surface area contributed by atoms with Gasteiger partial charge >= 0.3 is 0 Å². The lowest BCUT2D eigenvalue weighted by Crippen LogP contribution is -2.10. The van der Waals surface area contributed by atoms with Crippen LogP contribution in [0.4, 0.5) is 68.2 Å². The SMILES string of the molecule is Cc1ccc(N(c2ccc(C)cc2)c2ccc(C=Cc3ccccc3C=Cc3ccc(N(c4ccc(C)cc4)c4ccc(C)cc4)cc3)cc2)cc1.Cc1ccc(N(c2ccccc2)c2ccc(C=Cc3cccc(C=Cc4ccc(N(c5ccccc5)c5ccc(C)cc5)cc4C)c3)c(C)c2)cc1. The first kappa shape index (κ1) is 69.7. The van der Waals surface area contributed by atoms with Gasteiger partial charge in [0.15, 0.2) is 0 Å². The van der Waals surface area contributed by atoms with Crippen molar-refractivity contribution in [3.05, 3.63) is 429 Å². The molecule has 14 aromatic carbocycles. The van der Waals surface area contributed by atoms with Crippen molar-refractivity contribution in [2.45, 2.75) is 55.4 Å². The predicted molar refractivity (Wildman–Crippen MR) is 451 cm³/mol. The second-order valence-corrected chi connectivity index (χ2v) is 26.9. The van der Waals surface area contributed by atoms with Crippen molar-refractivity contribution in [1.82, 2.24) is 0 Å². The van der Waals surface area contributed by atoms with Crippen molar-refractivity contribution in [1.29, 1.82) is 0 Å². The zero-order valence-electron chi connectivity index (χ0n) is 60.7. The Hall–Kier alpha value is -12.8. The molecule has 0 spiro atoms. The van der Waals surface area contributed by atoms with Crippen molar-refractivity contribution < 1.29 is 0 Å². The quantitative estimate of drug-likeness (QED) is 0.0705. The molecule has 508 valence electrons. The van der Waals surface area contributed by atoms with E-state index in [2.05, 4.69) is 463 Å². The fourth-order valence-electron chi connectivity index (χ4n) is 12.9. The molecule has 0 saturated carbocycles. The third-order valence-corrected chi connectivity index (χ3v) is 18.8. The molecule has 0 N–H and O–H groups in total. The number of nitrogens with zero attached hydrogens (tertiary/aromatic N) is 4. The Morgan fingerprint density at radius 2 is 0.375 bits per heavy atom. The van der Waals surface area contributed by atoms with Crippen LogP contribution in [0.2, 0.25) is 0 Å². The first-order chi connectivity index (χ1) is 50.8. The summed E-state index contributed by atoms with van der Waals surface area (Å²) < 4.78 is 0. The van der Waals surface area contributed by atoms with Crippen LogP contribution in [0.1, 0.15) is 89.0 Å². The van der Waals surface area contributed by atoms with E-state index in [1.807, 2.05) is 0 Å². The molecule has 0 aliphatic carbocycles. The molecule has 14 rings (SSSR count). The van der Waals surface area contributed by atoms with Crippen LogP contribution in [-0.4, -0.2) is 0 Å². The normalized spacial score (nSPS) is 11.3. The molecule has 0 unspecified atom stereocenters. The summed E-state index contributed by atoms with van der Waals surface area (Å²) >= 11 is 0. The van der Waals surface area contributed by atoms with E-state index >= 15 is 0 Å². The van der Waals surface area contributed by atoms with Gasteiger partial charge in [0, 0.05) is 68.2 Å². The van der Waals surface area contributed by atoms with Gasteiger partial charge in [-0.1, -0.05) is 270 Å². The van der Waals surface area contributed by atoms with Crippen LogP contribution >= 0.6 is 0 Å². The van der Waals surface area contributed by atoms with Gasteiger partial charge in [0.2, 0.25) is 0 Å². The zero-order chi connectivity index (χ0) is 71.7. The van der Waals surface area contributed by atoms with Crippen molar-refractivity contribution in [3.63, 3.8) is 0 Å². The predicted octanol–water partition coefficient (Wildman–Crippen LogP) is 28.4. The first-order valence-corrected chi connectivity index (χ1v) is 35.8. The second kappa shape index (κ2) is 33.1. The van der Waals surface area contributed by atoms with E-state index in [-0.39, 0.29) is 0 Å². The molecule has 4 nitrogen and oxygen atoms in total. The summed E-state index contributed by atoms with van der Waals surface area (Å²) in [6, 6.07) is 122. The summed E-state index contributed by atoms with van der Waals surface area (Å²) in [6.45, 7) is 17.1. The molecular formula is C100H88N4. The Balaban J connectivity index is 0.000000185. The highest BCUT2D eigenvalue weighted by molar-refractivity contribution is 5.86. The summed E-state index contributed by atoms with van der Waals surface area (Å²) in [5.74, 6) is 0. The van der Waals surface area contributed by atoms with Gasteiger partial charge in [-0.25, -0.2) is 0 Å². The molecule has 0 bridgehead atoms. The molecule has 0 amide bonds. The summed E-state index contributed by atoms with van der Waals surface area (Å²) in [6.07, 6.45) is 17.6. The van der Waals surface area contributed by atoms with Gasteiger partial charge in [-0.15, -0.1) is 0 Å². The number of hydrogen-bond acceptors (Lipinski definition) is 4. The number of anilines is 12. The molecule has 104 heavy (non-hydrogen) atoms. The average molecular weight is 1350 g/mol. The van der Waals surface area contributed by atoms with Crippen LogP contribution in [-0.2, 0) is 0 Å². The van der Waals surface area contributed by atoms with Crippen molar-refractivity contribution in [2.24, 2.45) is 0 Å². The smallest absolute Gasteiger partial charge is 0.0464 e. The maximum Gasteiger partial charge on any atom is 0.0464 e. The number of hydrogen-bond donors (Lipinski definition) is 0. The molecule has 0 aliphatic heterocycles. The van der Waals surface area contributed by atoms with Crippen LogP contribution in [0, 0.1) is 55.4 Å². The number of para-hydroxylation sites is 2. The third kappa shape index (κ3) is 17.7. The lowest BCUT2D eigenvalue weighted by atomic mass is 10.0. The minimum Gasteiger partial charge on any atom is -0.311 e. The van der Waals surface area contributed by atoms with Crippen molar-refractivity contribution in [2.75, 3.05) is 19.6 Å². The highest BCUT2D eigenvalue weighted by Crippen LogP contribution is 2.40. The summed E-state index contributed by atoms with van der Waals surface area (Å²) in [5.41, 5.74) is 33.0. The highest BCUT2D eigenvalue weighted by Gasteiger charge is 2.18. The maximum absolute atomic E-state index is 2.31. The molecule has 4 heteroatoms. The van der Waals surface area contributed by atoms with Crippen molar-refractivity contribution >= 4 is 117 Å². The fourth-order valence-corrected chi connectivity index (χ4v) is 12.9. The maximum atomic E-state index is 2.31. The van der Waals surface area contributed by atoms with Gasteiger partial charge in [0.25, 0.3) is 0 Å². The molecule has 0 aromatic heterocycles. The van der Waals surface area contributed by atoms with Crippen LogP contribution in [0.25, 0.3) is 48.6 Å². The van der Waals surface area contributed by atoms with Crippen LogP contribution in [0.15, 0.2) is 340 Å². The number of rotatable bonds is 20. The second-order valence-electron chi connectivity index (χ2n) is 26.9. The van der Waals surface area contributed by atoms with Gasteiger partial charge in [-0.2, -0.15) is 0 Å². The first-order valence-electron chi connectivity index (χ1n) is 35.8. The van der Waals surface area contributed by atoms with Crippen LogP contribution < -0.4 is 19.6 Å². The molecular weight excluding hydrogens is 1260 g/mol. The van der Waals surface area contributed by atoms with Gasteiger partial charge in [0.05, 0.1) is 0 Å². The number of aryl methyl sites for hydroxylation is 8. The van der Waals surface area contributed by atoms with Crippen LogP contribution in [0.3, 0.4) is 0 Å². The molecule has 0 heterocycles. The Morgan fingerprint density at radius 3 is 0.654 bits per heavy atom. The van der Waals surface area contributed by atoms with E-state index < -0.39 is 0 Å². The Bertz CT molecular complexity index is 4840. The molecule has 0 radical (unpaired) electrons. The monoisotopic (exact) mass is 1340 g/mol. The summed E-state index contributed by atoms with van der Waals surface area (Å²) in [5, 5.41) is 0. The minimum atomic E-state index is 1.13. The van der Waals surface area contributed by atoms with Gasteiger partial charge < -0.3 is 19.6 Å². The molecule has 0 fully saturated rings. The molecule has 0 aliphatic rings. The molecule has 14 aromatic rings. The molecule has 0 atom stereocenters. The number of benzene rings is 14. The standard InChI is InChI=1S/2C50H44N2/c1-37-18-28-47(29-19-37)51(45-14-7-5-8-15-45)49-32-26-43(39(3)34-49)24-22-41-12-11-13-42(36-41)23-25-44-27-33-50(35-40(44)4)52(46-16-9-6-10-17-46)48-30-20-38(2)21-31-48;1-37-9-25-45(26-10-37)51(46-27-11-38(2)12-28-46)49-33-19-41(20-34-49)17-23-43-7-5-6-8-44(43)24-18-42-21-35-50(36-22-42)52(47-29-13-39(3)14-30-47)48-31-15-40(4)16-32-48/h2*5-36H,1-4H3. The highest BCUT2D eigenvalue weighted by atomic mass is 15.2. The molecule has 0 saturated heterocycles.